The molecular formula is C17H17ClN4O2S. The minimum atomic E-state index is -0.150. The summed E-state index contributed by atoms with van der Waals surface area (Å²) in [6.45, 7) is 4.61. The second kappa shape index (κ2) is 7.76. The number of nitrogens with zero attached hydrogens (tertiary/aromatic N) is 3. The molecule has 1 aromatic carbocycles. The number of rotatable bonds is 6. The fraction of sp³-hybridized carbons (Fsp3) is 0.235. The molecule has 1 amide bonds. The van der Waals surface area contributed by atoms with Gasteiger partial charge in [-0.1, -0.05) is 29.4 Å². The van der Waals surface area contributed by atoms with E-state index >= 15 is 0 Å². The normalized spacial score (nSPS) is 10.8. The van der Waals surface area contributed by atoms with Crippen LogP contribution in [-0.2, 0) is 11.3 Å². The van der Waals surface area contributed by atoms with Crippen LogP contribution in [0, 0.1) is 6.92 Å². The highest BCUT2D eigenvalue weighted by atomic mass is 35.5. The Morgan fingerprint density at radius 2 is 2.20 bits per heavy atom. The molecule has 0 saturated heterocycles. The van der Waals surface area contributed by atoms with Crippen molar-refractivity contribution in [2.75, 3.05) is 11.1 Å². The maximum absolute atomic E-state index is 12.2. The highest BCUT2D eigenvalue weighted by Gasteiger charge is 2.16. The van der Waals surface area contributed by atoms with E-state index in [0.29, 0.717) is 34.0 Å². The molecular weight excluding hydrogens is 360 g/mol. The van der Waals surface area contributed by atoms with Gasteiger partial charge in [0.25, 0.3) is 0 Å². The number of amides is 1. The van der Waals surface area contributed by atoms with Gasteiger partial charge in [-0.05, 0) is 43.7 Å². The molecule has 0 aliphatic rings. The molecule has 2 aromatic heterocycles. The first-order valence-corrected chi connectivity index (χ1v) is 9.10. The second-order valence-corrected chi connectivity index (χ2v) is 6.70. The number of hydrogen-bond donors (Lipinski definition) is 1. The van der Waals surface area contributed by atoms with Gasteiger partial charge in [0.15, 0.2) is 16.7 Å². The SMILES string of the molecule is CCn1c(SCC(=O)Nc2cc(C)ccc2Cl)nnc1-c1ccco1. The minimum absolute atomic E-state index is 0.150. The molecule has 8 heteroatoms. The van der Waals surface area contributed by atoms with Gasteiger partial charge >= 0.3 is 0 Å². The third kappa shape index (κ3) is 4.05. The van der Waals surface area contributed by atoms with Gasteiger partial charge in [0.05, 0.1) is 22.7 Å². The van der Waals surface area contributed by atoms with Crippen LogP contribution in [0.4, 0.5) is 5.69 Å². The van der Waals surface area contributed by atoms with E-state index in [1.807, 2.05) is 36.6 Å². The fourth-order valence-corrected chi connectivity index (χ4v) is 3.29. The predicted octanol–water partition coefficient (Wildman–Crippen LogP) is 4.25. The monoisotopic (exact) mass is 376 g/mol. The Balaban J connectivity index is 1.67. The van der Waals surface area contributed by atoms with Gasteiger partial charge in [0, 0.05) is 6.54 Å². The molecule has 0 fully saturated rings. The summed E-state index contributed by atoms with van der Waals surface area (Å²) in [7, 11) is 0. The van der Waals surface area contributed by atoms with Crippen LogP contribution in [0.3, 0.4) is 0 Å². The number of aromatic nitrogens is 3. The maximum Gasteiger partial charge on any atom is 0.234 e. The summed E-state index contributed by atoms with van der Waals surface area (Å²) in [6, 6.07) is 9.14. The first kappa shape index (κ1) is 17.6. The van der Waals surface area contributed by atoms with Gasteiger partial charge in [0.1, 0.15) is 0 Å². The summed E-state index contributed by atoms with van der Waals surface area (Å²) in [6.07, 6.45) is 1.59. The summed E-state index contributed by atoms with van der Waals surface area (Å²) in [5.74, 6) is 1.36. The number of halogens is 1. The highest BCUT2D eigenvalue weighted by molar-refractivity contribution is 7.99. The Morgan fingerprint density at radius 1 is 1.36 bits per heavy atom. The van der Waals surface area contributed by atoms with Gasteiger partial charge in [-0.15, -0.1) is 10.2 Å². The standard InChI is InChI=1S/C17H17ClN4O2S/c1-3-22-16(14-5-4-8-24-14)20-21-17(22)25-10-15(23)19-13-9-11(2)6-7-12(13)18/h4-9H,3,10H2,1-2H3,(H,19,23). The molecule has 1 N–H and O–H groups in total. The van der Waals surface area contributed by atoms with Crippen molar-refractivity contribution in [2.45, 2.75) is 25.5 Å². The molecule has 3 rings (SSSR count). The van der Waals surface area contributed by atoms with Gasteiger partial charge in [0.2, 0.25) is 5.91 Å². The molecule has 2 heterocycles. The topological polar surface area (TPSA) is 73.0 Å². The van der Waals surface area contributed by atoms with Crippen molar-refractivity contribution < 1.29 is 9.21 Å². The van der Waals surface area contributed by atoms with Crippen molar-refractivity contribution in [3.8, 4) is 11.6 Å². The lowest BCUT2D eigenvalue weighted by Gasteiger charge is -2.08. The number of nitrogens with one attached hydrogen (secondary N) is 1. The molecule has 6 nitrogen and oxygen atoms in total. The molecule has 0 aliphatic carbocycles. The van der Waals surface area contributed by atoms with E-state index in [4.69, 9.17) is 16.0 Å². The van der Waals surface area contributed by atoms with Gasteiger partial charge < -0.3 is 9.73 Å². The summed E-state index contributed by atoms with van der Waals surface area (Å²) in [4.78, 5) is 12.2. The first-order chi connectivity index (χ1) is 12.1. The average Bonchev–Trinajstić information content (AvgIpc) is 3.24. The largest absolute Gasteiger partial charge is 0.461 e. The van der Waals surface area contributed by atoms with E-state index in [1.165, 1.54) is 11.8 Å². The number of anilines is 1. The van der Waals surface area contributed by atoms with E-state index in [1.54, 1.807) is 18.4 Å². The number of carbonyl (C=O) groups is 1. The molecule has 0 radical (unpaired) electrons. The first-order valence-electron chi connectivity index (χ1n) is 7.74. The molecule has 25 heavy (non-hydrogen) atoms. The van der Waals surface area contributed by atoms with Crippen LogP contribution in [0.1, 0.15) is 12.5 Å². The second-order valence-electron chi connectivity index (χ2n) is 5.35. The Kier molecular flexibility index (Phi) is 5.45. The maximum atomic E-state index is 12.2. The van der Waals surface area contributed by atoms with Crippen LogP contribution < -0.4 is 5.32 Å². The van der Waals surface area contributed by atoms with Crippen LogP contribution in [-0.4, -0.2) is 26.4 Å². The van der Waals surface area contributed by atoms with Crippen LogP contribution in [0.5, 0.6) is 0 Å². The Hall–Kier alpha value is -2.25. The summed E-state index contributed by atoms with van der Waals surface area (Å²) in [5, 5.41) is 12.3. The third-order valence-electron chi connectivity index (χ3n) is 3.50. The van der Waals surface area contributed by atoms with E-state index in [9.17, 15) is 4.79 Å². The van der Waals surface area contributed by atoms with Crippen molar-refractivity contribution >= 4 is 35.0 Å². The molecule has 130 valence electrons. The molecule has 0 spiro atoms. The quantitative estimate of drug-likeness (QED) is 0.651. The van der Waals surface area contributed by atoms with E-state index < -0.39 is 0 Å². The third-order valence-corrected chi connectivity index (χ3v) is 4.80. The highest BCUT2D eigenvalue weighted by Crippen LogP contribution is 2.26. The molecule has 0 bridgehead atoms. The number of aryl methyl sites for hydroxylation is 1. The number of furan rings is 1. The zero-order valence-electron chi connectivity index (χ0n) is 13.8. The molecule has 0 atom stereocenters. The fourth-order valence-electron chi connectivity index (χ4n) is 2.32. The Labute approximate surface area is 154 Å². The smallest absolute Gasteiger partial charge is 0.234 e. The lowest BCUT2D eigenvalue weighted by Crippen LogP contribution is -2.15. The van der Waals surface area contributed by atoms with Crippen molar-refractivity contribution in [3.63, 3.8) is 0 Å². The average molecular weight is 377 g/mol. The van der Waals surface area contributed by atoms with Crippen LogP contribution in [0.25, 0.3) is 11.6 Å². The van der Waals surface area contributed by atoms with Crippen LogP contribution >= 0.6 is 23.4 Å². The number of benzene rings is 1. The molecule has 3 aromatic rings. The minimum Gasteiger partial charge on any atom is -0.461 e. The molecule has 0 saturated carbocycles. The lowest BCUT2D eigenvalue weighted by atomic mass is 10.2. The van der Waals surface area contributed by atoms with Crippen molar-refractivity contribution in [1.29, 1.82) is 0 Å². The summed E-state index contributed by atoms with van der Waals surface area (Å²) < 4.78 is 7.29. The molecule has 0 aliphatic heterocycles. The lowest BCUT2D eigenvalue weighted by molar-refractivity contribution is -0.113. The summed E-state index contributed by atoms with van der Waals surface area (Å²) >= 11 is 7.43. The zero-order chi connectivity index (χ0) is 17.8. The van der Waals surface area contributed by atoms with E-state index in [-0.39, 0.29) is 11.7 Å². The number of hydrogen-bond acceptors (Lipinski definition) is 5. The number of thioether (sulfide) groups is 1. The Morgan fingerprint density at radius 3 is 2.92 bits per heavy atom. The zero-order valence-corrected chi connectivity index (χ0v) is 15.4. The van der Waals surface area contributed by atoms with Crippen LogP contribution in [0.15, 0.2) is 46.2 Å². The van der Waals surface area contributed by atoms with Crippen LogP contribution in [0.2, 0.25) is 5.02 Å². The van der Waals surface area contributed by atoms with Gasteiger partial charge in [-0.2, -0.15) is 0 Å². The molecule has 0 unspecified atom stereocenters. The van der Waals surface area contributed by atoms with Crippen molar-refractivity contribution in [2.24, 2.45) is 0 Å². The van der Waals surface area contributed by atoms with E-state index in [0.717, 1.165) is 5.56 Å². The van der Waals surface area contributed by atoms with Gasteiger partial charge in [-0.25, -0.2) is 0 Å². The van der Waals surface area contributed by atoms with Gasteiger partial charge in [-0.3, -0.25) is 9.36 Å². The van der Waals surface area contributed by atoms with Crippen molar-refractivity contribution in [1.82, 2.24) is 14.8 Å². The van der Waals surface area contributed by atoms with E-state index in [2.05, 4.69) is 15.5 Å². The summed E-state index contributed by atoms with van der Waals surface area (Å²) in [5.41, 5.74) is 1.64. The Bertz CT molecular complexity index is 877. The van der Waals surface area contributed by atoms with Crippen molar-refractivity contribution in [3.05, 3.63) is 47.2 Å². The predicted molar refractivity (Wildman–Crippen MR) is 98.9 cm³/mol. The number of carbonyl (C=O) groups excluding carboxylic acids is 1.